The summed E-state index contributed by atoms with van der Waals surface area (Å²) < 4.78 is 31.6. The maximum Gasteiger partial charge on any atom is 0.276 e. The van der Waals surface area contributed by atoms with Crippen molar-refractivity contribution in [1.82, 2.24) is 9.21 Å². The zero-order chi connectivity index (χ0) is 14.2. The van der Waals surface area contributed by atoms with Gasteiger partial charge in [0.1, 0.15) is 12.4 Å². The quantitative estimate of drug-likeness (QED) is 0.883. The first-order valence-corrected chi connectivity index (χ1v) is 8.49. The molecule has 3 heterocycles. The van der Waals surface area contributed by atoms with E-state index < -0.39 is 10.0 Å². The van der Waals surface area contributed by atoms with Gasteiger partial charge in [-0.2, -0.15) is 4.31 Å². The lowest BCUT2D eigenvalue weighted by molar-refractivity contribution is 0.234. The summed E-state index contributed by atoms with van der Waals surface area (Å²) in [6.45, 7) is 2.95. The average molecular weight is 300 g/mol. The summed E-state index contributed by atoms with van der Waals surface area (Å²) in [4.78, 5) is 2.39. The lowest BCUT2D eigenvalue weighted by Gasteiger charge is -2.23. The van der Waals surface area contributed by atoms with E-state index in [1.165, 1.54) is 29.3 Å². The second-order valence-electron chi connectivity index (χ2n) is 5.43. The monoisotopic (exact) mass is 300 g/mol. The first-order valence-electron chi connectivity index (χ1n) is 7.05. The molecule has 2 saturated heterocycles. The van der Waals surface area contributed by atoms with Gasteiger partial charge in [0.25, 0.3) is 10.0 Å². The van der Waals surface area contributed by atoms with Gasteiger partial charge in [0, 0.05) is 19.1 Å². The van der Waals surface area contributed by atoms with Gasteiger partial charge in [-0.05, 0) is 44.5 Å². The van der Waals surface area contributed by atoms with Gasteiger partial charge in [0.05, 0.1) is 0 Å². The minimum Gasteiger partial charge on any atom is -0.446 e. The second kappa shape index (κ2) is 5.48. The van der Waals surface area contributed by atoms with Crippen LogP contribution in [-0.2, 0) is 16.6 Å². The first-order chi connectivity index (χ1) is 9.61. The summed E-state index contributed by atoms with van der Waals surface area (Å²) >= 11 is 0. The van der Waals surface area contributed by atoms with Crippen molar-refractivity contribution < 1.29 is 17.9 Å². The minimum absolute atomic E-state index is 0.0661. The van der Waals surface area contributed by atoms with Gasteiger partial charge >= 0.3 is 0 Å². The zero-order valence-corrected chi connectivity index (χ0v) is 12.2. The van der Waals surface area contributed by atoms with Crippen LogP contribution in [0.5, 0.6) is 0 Å². The number of likely N-dealkylation sites (tertiary alicyclic amines) is 1. The maximum atomic E-state index is 12.5. The molecule has 6 nitrogen and oxygen atoms in total. The van der Waals surface area contributed by atoms with E-state index in [1.54, 1.807) is 0 Å². The number of sulfonamides is 1. The van der Waals surface area contributed by atoms with Crippen molar-refractivity contribution in [1.29, 1.82) is 0 Å². The van der Waals surface area contributed by atoms with Crippen molar-refractivity contribution in [3.05, 3.63) is 17.9 Å². The molecule has 7 heteroatoms. The number of aliphatic hydroxyl groups excluding tert-OH is 1. The fraction of sp³-hybridized carbons (Fsp3) is 0.692. The van der Waals surface area contributed by atoms with Crippen molar-refractivity contribution in [3.63, 3.8) is 0 Å². The highest BCUT2D eigenvalue weighted by atomic mass is 32.2. The molecule has 1 unspecified atom stereocenters. The summed E-state index contributed by atoms with van der Waals surface area (Å²) in [5, 5.41) is 8.89. The highest BCUT2D eigenvalue weighted by Gasteiger charge is 2.37. The number of furan rings is 1. The van der Waals surface area contributed by atoms with E-state index >= 15 is 0 Å². The molecule has 3 rings (SSSR count). The van der Waals surface area contributed by atoms with Crippen molar-refractivity contribution in [2.75, 3.05) is 26.2 Å². The average Bonchev–Trinajstić information content (AvgIpc) is 3.18. The molecule has 2 fully saturated rings. The van der Waals surface area contributed by atoms with Gasteiger partial charge in [0.15, 0.2) is 0 Å². The molecule has 1 aromatic heterocycles. The molecule has 0 bridgehead atoms. The van der Waals surface area contributed by atoms with Crippen LogP contribution in [0.25, 0.3) is 0 Å². The molecule has 1 aromatic rings. The molecule has 2 aliphatic heterocycles. The second-order valence-corrected chi connectivity index (χ2v) is 7.30. The van der Waals surface area contributed by atoms with Gasteiger partial charge in [-0.15, -0.1) is 0 Å². The van der Waals surface area contributed by atoms with E-state index in [1.807, 2.05) is 0 Å². The summed E-state index contributed by atoms with van der Waals surface area (Å²) in [5.74, 6) is 0.277. The molecule has 1 atom stereocenters. The fourth-order valence-corrected chi connectivity index (χ4v) is 4.46. The summed E-state index contributed by atoms with van der Waals surface area (Å²) in [6.07, 6.45) is 3.30. The number of hydrogen-bond acceptors (Lipinski definition) is 5. The molecule has 0 spiro atoms. The topological polar surface area (TPSA) is 74.0 Å². The molecular weight excluding hydrogens is 280 g/mol. The smallest absolute Gasteiger partial charge is 0.276 e. The van der Waals surface area contributed by atoms with Crippen LogP contribution in [0, 0.1) is 0 Å². The van der Waals surface area contributed by atoms with Gasteiger partial charge in [-0.1, -0.05) is 0 Å². The van der Waals surface area contributed by atoms with E-state index in [2.05, 4.69) is 4.90 Å². The highest BCUT2D eigenvalue weighted by molar-refractivity contribution is 7.89. The fourth-order valence-electron chi connectivity index (χ4n) is 3.04. The van der Waals surface area contributed by atoms with Crippen molar-refractivity contribution in [3.8, 4) is 0 Å². The van der Waals surface area contributed by atoms with Crippen LogP contribution in [0.1, 0.15) is 25.0 Å². The number of nitrogens with zero attached hydrogens (tertiary/aromatic N) is 2. The van der Waals surface area contributed by atoms with Crippen molar-refractivity contribution in [2.24, 2.45) is 0 Å². The van der Waals surface area contributed by atoms with Crippen LogP contribution >= 0.6 is 0 Å². The normalized spacial score (nSPS) is 25.6. The Morgan fingerprint density at radius 3 is 2.65 bits per heavy atom. The van der Waals surface area contributed by atoms with Crippen molar-refractivity contribution in [2.45, 2.75) is 37.0 Å². The Balaban J connectivity index is 1.72. The molecule has 0 amide bonds. The SMILES string of the molecule is O=S(=O)(c1ccc(CO)o1)N1CCC(N2CCCC2)C1. The summed E-state index contributed by atoms with van der Waals surface area (Å²) in [5.41, 5.74) is 0. The molecular formula is C13H20N2O4S. The molecule has 112 valence electrons. The molecule has 2 aliphatic rings. The molecule has 1 N–H and O–H groups in total. The molecule has 0 aliphatic carbocycles. The van der Waals surface area contributed by atoms with Crippen LogP contribution in [0.3, 0.4) is 0 Å². The van der Waals surface area contributed by atoms with Crippen LogP contribution in [0.4, 0.5) is 0 Å². The number of rotatable bonds is 4. The van der Waals surface area contributed by atoms with Crippen LogP contribution in [0.15, 0.2) is 21.6 Å². The standard InChI is InChI=1S/C13H20N2O4S/c16-10-12-3-4-13(19-12)20(17,18)15-8-5-11(9-15)14-6-1-2-7-14/h3-4,11,16H,1-2,5-10H2. The summed E-state index contributed by atoms with van der Waals surface area (Å²) in [7, 11) is -3.56. The maximum absolute atomic E-state index is 12.5. The van der Waals surface area contributed by atoms with Crippen molar-refractivity contribution >= 4 is 10.0 Å². The Kier molecular flexibility index (Phi) is 3.85. The van der Waals surface area contributed by atoms with Gasteiger partial charge in [0.2, 0.25) is 5.09 Å². The zero-order valence-electron chi connectivity index (χ0n) is 11.4. The van der Waals surface area contributed by atoms with Crippen LogP contribution < -0.4 is 0 Å². The summed E-state index contributed by atoms with van der Waals surface area (Å²) in [6, 6.07) is 3.25. The minimum atomic E-state index is -3.56. The van der Waals surface area contributed by atoms with Gasteiger partial charge in [-0.3, -0.25) is 4.90 Å². The lowest BCUT2D eigenvalue weighted by Crippen LogP contribution is -2.37. The lowest BCUT2D eigenvalue weighted by atomic mass is 10.2. The number of hydrogen-bond donors (Lipinski definition) is 1. The predicted molar refractivity (Wildman–Crippen MR) is 72.6 cm³/mol. The Morgan fingerprint density at radius 1 is 1.25 bits per heavy atom. The predicted octanol–water partition coefficient (Wildman–Crippen LogP) is 0.631. The molecule has 20 heavy (non-hydrogen) atoms. The Bertz CT molecular complexity index is 563. The van der Waals surface area contributed by atoms with E-state index in [9.17, 15) is 8.42 Å². The van der Waals surface area contributed by atoms with E-state index in [4.69, 9.17) is 9.52 Å². The Hall–Kier alpha value is -0.890. The van der Waals surface area contributed by atoms with Crippen LogP contribution in [0.2, 0.25) is 0 Å². The number of aliphatic hydroxyl groups is 1. The third kappa shape index (κ3) is 2.50. The van der Waals surface area contributed by atoms with Crippen LogP contribution in [-0.4, -0.2) is 55.0 Å². The van der Waals surface area contributed by atoms with E-state index in [0.717, 1.165) is 19.5 Å². The Morgan fingerprint density at radius 2 is 2.00 bits per heavy atom. The third-order valence-electron chi connectivity index (χ3n) is 4.17. The molecule has 0 saturated carbocycles. The largest absolute Gasteiger partial charge is 0.446 e. The van der Waals surface area contributed by atoms with E-state index in [-0.39, 0.29) is 17.5 Å². The van der Waals surface area contributed by atoms with E-state index in [0.29, 0.717) is 19.1 Å². The molecule has 0 aromatic carbocycles. The van der Waals surface area contributed by atoms with Gasteiger partial charge < -0.3 is 9.52 Å². The molecule has 0 radical (unpaired) electrons. The third-order valence-corrected chi connectivity index (χ3v) is 5.91. The Labute approximate surface area is 119 Å². The first kappa shape index (κ1) is 14.1. The highest BCUT2D eigenvalue weighted by Crippen LogP contribution is 2.26. The van der Waals surface area contributed by atoms with Gasteiger partial charge in [-0.25, -0.2) is 8.42 Å².